The molecule has 0 fully saturated rings. The SMILES string of the molecule is CC(c1ccc(O)cc1)c1ccc(O)c(O)c1. The Morgan fingerprint density at radius 2 is 1.35 bits per heavy atom. The highest BCUT2D eigenvalue weighted by atomic mass is 16.3. The first-order chi connectivity index (χ1) is 8.08. The number of hydrogen-bond donors (Lipinski definition) is 3. The van der Waals surface area contributed by atoms with Crippen LogP contribution in [0.3, 0.4) is 0 Å². The predicted molar refractivity (Wildman–Crippen MR) is 65.4 cm³/mol. The lowest BCUT2D eigenvalue weighted by atomic mass is 9.93. The van der Waals surface area contributed by atoms with Crippen molar-refractivity contribution in [1.82, 2.24) is 0 Å². The van der Waals surface area contributed by atoms with Crippen LogP contribution in [0.1, 0.15) is 24.0 Å². The van der Waals surface area contributed by atoms with Crippen LogP contribution in [0.15, 0.2) is 42.5 Å². The van der Waals surface area contributed by atoms with Gasteiger partial charge in [-0.2, -0.15) is 0 Å². The minimum atomic E-state index is -0.119. The van der Waals surface area contributed by atoms with Crippen molar-refractivity contribution < 1.29 is 15.3 Å². The summed E-state index contributed by atoms with van der Waals surface area (Å²) >= 11 is 0. The number of aromatic hydroxyl groups is 3. The fraction of sp³-hybridized carbons (Fsp3) is 0.143. The Labute approximate surface area is 99.6 Å². The zero-order chi connectivity index (χ0) is 12.4. The molecule has 0 radical (unpaired) electrons. The molecular formula is C14H14O3. The Morgan fingerprint density at radius 1 is 0.765 bits per heavy atom. The Balaban J connectivity index is 2.33. The predicted octanol–water partition coefficient (Wildman–Crippen LogP) is 2.96. The van der Waals surface area contributed by atoms with Gasteiger partial charge in [0.2, 0.25) is 0 Å². The second kappa shape index (κ2) is 4.37. The zero-order valence-electron chi connectivity index (χ0n) is 9.46. The number of phenolic OH excluding ortho intramolecular Hbond substituents is 3. The van der Waals surface area contributed by atoms with E-state index in [2.05, 4.69) is 0 Å². The lowest BCUT2D eigenvalue weighted by Gasteiger charge is -2.13. The van der Waals surface area contributed by atoms with Crippen LogP contribution in [-0.4, -0.2) is 15.3 Å². The van der Waals surface area contributed by atoms with Gasteiger partial charge in [0.15, 0.2) is 11.5 Å². The quantitative estimate of drug-likeness (QED) is 0.695. The summed E-state index contributed by atoms with van der Waals surface area (Å²) in [5.41, 5.74) is 1.94. The molecule has 17 heavy (non-hydrogen) atoms. The molecule has 1 atom stereocenters. The molecule has 0 spiro atoms. The number of hydrogen-bond acceptors (Lipinski definition) is 3. The number of phenols is 3. The average molecular weight is 230 g/mol. The first-order valence-corrected chi connectivity index (χ1v) is 5.38. The molecule has 3 heteroatoms. The van der Waals surface area contributed by atoms with Gasteiger partial charge in [0, 0.05) is 5.92 Å². The van der Waals surface area contributed by atoms with Crippen molar-refractivity contribution in [3.05, 3.63) is 53.6 Å². The van der Waals surface area contributed by atoms with Crippen LogP contribution >= 0.6 is 0 Å². The Bertz CT molecular complexity index is 517. The van der Waals surface area contributed by atoms with E-state index >= 15 is 0 Å². The second-order valence-electron chi connectivity index (χ2n) is 4.06. The van der Waals surface area contributed by atoms with E-state index in [9.17, 15) is 15.3 Å². The maximum Gasteiger partial charge on any atom is 0.157 e. The molecular weight excluding hydrogens is 216 g/mol. The lowest BCUT2D eigenvalue weighted by molar-refractivity contribution is 0.403. The molecule has 0 heterocycles. The first-order valence-electron chi connectivity index (χ1n) is 5.38. The smallest absolute Gasteiger partial charge is 0.157 e. The standard InChI is InChI=1S/C14H14O3/c1-9(10-2-5-12(15)6-3-10)11-4-7-13(16)14(17)8-11/h2-9,15-17H,1H3. The summed E-state index contributed by atoms with van der Waals surface area (Å²) in [6.45, 7) is 2.00. The number of rotatable bonds is 2. The minimum Gasteiger partial charge on any atom is -0.508 e. The Kier molecular flexibility index (Phi) is 2.91. The molecule has 0 bridgehead atoms. The highest BCUT2D eigenvalue weighted by Crippen LogP contribution is 2.31. The fourth-order valence-corrected chi connectivity index (χ4v) is 1.77. The average Bonchev–Trinajstić information content (AvgIpc) is 2.33. The van der Waals surface area contributed by atoms with Gasteiger partial charge < -0.3 is 15.3 Å². The van der Waals surface area contributed by atoms with E-state index in [0.29, 0.717) is 0 Å². The molecule has 2 rings (SSSR count). The van der Waals surface area contributed by atoms with Crippen molar-refractivity contribution >= 4 is 0 Å². The van der Waals surface area contributed by atoms with Gasteiger partial charge in [0.05, 0.1) is 0 Å². The Morgan fingerprint density at radius 3 is 1.94 bits per heavy atom. The molecule has 0 aliphatic rings. The highest BCUT2D eigenvalue weighted by Gasteiger charge is 2.10. The molecule has 2 aromatic carbocycles. The first kappa shape index (κ1) is 11.3. The van der Waals surface area contributed by atoms with Gasteiger partial charge in [0.1, 0.15) is 5.75 Å². The molecule has 88 valence electrons. The van der Waals surface area contributed by atoms with E-state index < -0.39 is 0 Å². The molecule has 0 saturated heterocycles. The summed E-state index contributed by atoms with van der Waals surface area (Å²) in [6.07, 6.45) is 0. The molecule has 3 N–H and O–H groups in total. The second-order valence-corrected chi connectivity index (χ2v) is 4.06. The van der Waals surface area contributed by atoms with Crippen LogP contribution in [0.5, 0.6) is 17.2 Å². The van der Waals surface area contributed by atoms with Gasteiger partial charge in [-0.1, -0.05) is 25.1 Å². The molecule has 0 aromatic heterocycles. The van der Waals surface area contributed by atoms with Crippen molar-refractivity contribution in [3.8, 4) is 17.2 Å². The van der Waals surface area contributed by atoms with E-state index in [1.165, 1.54) is 6.07 Å². The van der Waals surface area contributed by atoms with Gasteiger partial charge in [-0.3, -0.25) is 0 Å². The molecule has 2 aromatic rings. The third-order valence-corrected chi connectivity index (χ3v) is 2.89. The van der Waals surface area contributed by atoms with Crippen LogP contribution in [0, 0.1) is 0 Å². The van der Waals surface area contributed by atoms with E-state index in [1.807, 2.05) is 19.1 Å². The summed E-state index contributed by atoms with van der Waals surface area (Å²) in [5, 5.41) is 27.9. The molecule has 0 aliphatic heterocycles. The van der Waals surface area contributed by atoms with Gasteiger partial charge in [-0.05, 0) is 35.4 Å². The molecule has 0 amide bonds. The number of benzene rings is 2. The van der Waals surface area contributed by atoms with E-state index in [1.54, 1.807) is 24.3 Å². The third-order valence-electron chi connectivity index (χ3n) is 2.89. The van der Waals surface area contributed by atoms with Gasteiger partial charge >= 0.3 is 0 Å². The fourth-order valence-electron chi connectivity index (χ4n) is 1.77. The van der Waals surface area contributed by atoms with E-state index in [0.717, 1.165) is 11.1 Å². The van der Waals surface area contributed by atoms with Crippen LogP contribution in [0.25, 0.3) is 0 Å². The highest BCUT2D eigenvalue weighted by molar-refractivity contribution is 5.44. The van der Waals surface area contributed by atoms with Gasteiger partial charge in [0.25, 0.3) is 0 Å². The van der Waals surface area contributed by atoms with Crippen molar-refractivity contribution in [3.63, 3.8) is 0 Å². The largest absolute Gasteiger partial charge is 0.508 e. The molecule has 0 aliphatic carbocycles. The summed E-state index contributed by atoms with van der Waals surface area (Å²) < 4.78 is 0. The lowest BCUT2D eigenvalue weighted by Crippen LogP contribution is -1.95. The van der Waals surface area contributed by atoms with E-state index in [-0.39, 0.29) is 23.2 Å². The van der Waals surface area contributed by atoms with Crippen molar-refractivity contribution in [2.45, 2.75) is 12.8 Å². The Hall–Kier alpha value is -2.16. The van der Waals surface area contributed by atoms with E-state index in [4.69, 9.17) is 0 Å². The van der Waals surface area contributed by atoms with Crippen molar-refractivity contribution in [2.24, 2.45) is 0 Å². The summed E-state index contributed by atoms with van der Waals surface area (Å²) in [4.78, 5) is 0. The third kappa shape index (κ3) is 2.33. The van der Waals surface area contributed by atoms with Gasteiger partial charge in [-0.15, -0.1) is 0 Å². The summed E-state index contributed by atoms with van der Waals surface area (Å²) in [7, 11) is 0. The monoisotopic (exact) mass is 230 g/mol. The maximum absolute atomic E-state index is 9.45. The normalized spacial score (nSPS) is 12.3. The van der Waals surface area contributed by atoms with Crippen LogP contribution in [0.2, 0.25) is 0 Å². The van der Waals surface area contributed by atoms with Crippen LogP contribution < -0.4 is 0 Å². The summed E-state index contributed by atoms with van der Waals surface area (Å²) in [6, 6.07) is 11.7. The van der Waals surface area contributed by atoms with Crippen LogP contribution in [0.4, 0.5) is 0 Å². The van der Waals surface area contributed by atoms with Crippen molar-refractivity contribution in [1.29, 1.82) is 0 Å². The minimum absolute atomic E-state index is 0.0853. The summed E-state index contributed by atoms with van der Waals surface area (Å²) in [5.74, 6) is 0.0800. The topological polar surface area (TPSA) is 60.7 Å². The van der Waals surface area contributed by atoms with Crippen molar-refractivity contribution in [2.75, 3.05) is 0 Å². The zero-order valence-corrected chi connectivity index (χ0v) is 9.46. The van der Waals surface area contributed by atoms with Gasteiger partial charge in [-0.25, -0.2) is 0 Å². The van der Waals surface area contributed by atoms with Crippen LogP contribution in [-0.2, 0) is 0 Å². The molecule has 1 unspecified atom stereocenters. The molecule has 0 saturated carbocycles. The maximum atomic E-state index is 9.45. The molecule has 3 nitrogen and oxygen atoms in total.